The molecule has 0 aliphatic carbocycles. The van der Waals surface area contributed by atoms with Crippen molar-refractivity contribution in [2.75, 3.05) is 5.73 Å². The first-order valence-corrected chi connectivity index (χ1v) is 5.53. The van der Waals surface area contributed by atoms with Gasteiger partial charge in [-0.2, -0.15) is 18.4 Å². The molecule has 0 saturated heterocycles. The first-order valence-electron chi connectivity index (χ1n) is 4.05. The molecule has 86 valence electrons. The molecule has 4 N–H and O–H groups in total. The molecule has 16 heavy (non-hydrogen) atoms. The fourth-order valence-corrected chi connectivity index (χ4v) is 1.73. The Bertz CT molecular complexity index is 524. The van der Waals surface area contributed by atoms with Crippen LogP contribution < -0.4 is 10.6 Å². The predicted molar refractivity (Wildman–Crippen MR) is 57.3 cm³/mol. The summed E-state index contributed by atoms with van der Waals surface area (Å²) in [6.45, 7) is 0. The van der Waals surface area contributed by atoms with Crippen LogP contribution in [0.2, 0.25) is 0 Å². The first-order chi connectivity index (χ1) is 7.42. The van der Waals surface area contributed by atoms with Gasteiger partial charge in [-0.05, 0) is 18.2 Å². The zero-order valence-electron chi connectivity index (χ0n) is 7.99. The van der Waals surface area contributed by atoms with E-state index in [9.17, 15) is 13.2 Å². The minimum absolute atomic E-state index is 0.0879. The average Bonchev–Trinajstić information content (AvgIpc) is 2.16. The Balaban J connectivity index is 2.91. The lowest BCUT2D eigenvalue weighted by Gasteiger charge is -2.03. The Morgan fingerprint density at radius 1 is 1.50 bits per heavy atom. The number of carbonyl (C=O) groups is 1. The number of carboxylic acids is 1. The molecule has 0 fully saturated rings. The van der Waals surface area contributed by atoms with Crippen LogP contribution in [0.25, 0.3) is 0 Å². The van der Waals surface area contributed by atoms with E-state index in [-0.39, 0.29) is 10.6 Å². The molecule has 0 aliphatic rings. The van der Waals surface area contributed by atoms with Crippen molar-refractivity contribution in [3.05, 3.63) is 24.3 Å². The Morgan fingerprint density at radius 2 is 2.19 bits per heavy atom. The highest BCUT2D eigenvalue weighted by atomic mass is 32.2. The lowest BCUT2D eigenvalue weighted by atomic mass is 10.3. The van der Waals surface area contributed by atoms with Gasteiger partial charge < -0.3 is 10.8 Å². The molecule has 0 unspecified atom stereocenters. The Morgan fingerprint density at radius 3 is 2.75 bits per heavy atom. The molecule has 0 amide bonds. The summed E-state index contributed by atoms with van der Waals surface area (Å²) < 4.78 is 23.0. The van der Waals surface area contributed by atoms with Crippen LogP contribution in [0, 0.1) is 0 Å². The van der Waals surface area contributed by atoms with Crippen LogP contribution in [0.4, 0.5) is 5.69 Å². The highest BCUT2D eigenvalue weighted by Crippen LogP contribution is 2.12. The average molecular weight is 243 g/mol. The van der Waals surface area contributed by atoms with Crippen molar-refractivity contribution < 1.29 is 18.3 Å². The Kier molecular flexibility index (Phi) is 3.46. The van der Waals surface area contributed by atoms with Crippen LogP contribution in [0.1, 0.15) is 0 Å². The number of sulfonamides is 1. The van der Waals surface area contributed by atoms with E-state index in [1.54, 1.807) is 4.83 Å². The van der Waals surface area contributed by atoms with E-state index in [1.165, 1.54) is 24.3 Å². The van der Waals surface area contributed by atoms with Crippen molar-refractivity contribution in [3.8, 4) is 0 Å². The van der Waals surface area contributed by atoms with Gasteiger partial charge in [0.2, 0.25) is 0 Å². The van der Waals surface area contributed by atoms with Gasteiger partial charge in [0.05, 0.1) is 4.90 Å². The zero-order chi connectivity index (χ0) is 12.2. The summed E-state index contributed by atoms with van der Waals surface area (Å²) in [7, 11) is -3.87. The maximum Gasteiger partial charge on any atom is 0.348 e. The number of nitrogens with two attached hydrogens (primary N) is 1. The second kappa shape index (κ2) is 4.62. The number of anilines is 1. The first kappa shape index (κ1) is 12.0. The number of hydrogen-bond donors (Lipinski definition) is 3. The molecular formula is C8H9N3O4S. The third-order valence-corrected chi connectivity index (χ3v) is 2.74. The molecule has 0 aliphatic heterocycles. The van der Waals surface area contributed by atoms with Crippen molar-refractivity contribution in [1.82, 2.24) is 4.83 Å². The van der Waals surface area contributed by atoms with Gasteiger partial charge in [0, 0.05) is 5.69 Å². The maximum atomic E-state index is 11.5. The topological polar surface area (TPSA) is 122 Å². The van der Waals surface area contributed by atoms with Gasteiger partial charge in [0.25, 0.3) is 10.0 Å². The van der Waals surface area contributed by atoms with Crippen LogP contribution in [0.15, 0.2) is 34.3 Å². The van der Waals surface area contributed by atoms with Crippen molar-refractivity contribution in [2.45, 2.75) is 4.90 Å². The highest BCUT2D eigenvalue weighted by molar-refractivity contribution is 7.89. The second-order valence-electron chi connectivity index (χ2n) is 2.76. The normalized spacial score (nSPS) is 11.5. The number of rotatable bonds is 4. The molecule has 1 aromatic rings. The molecule has 0 atom stereocenters. The lowest BCUT2D eigenvalue weighted by Crippen LogP contribution is -2.19. The number of nitrogen functional groups attached to an aromatic ring is 1. The summed E-state index contributed by atoms with van der Waals surface area (Å²) in [4.78, 5) is 11.7. The number of hydrogen-bond acceptors (Lipinski definition) is 5. The molecule has 7 nitrogen and oxygen atoms in total. The highest BCUT2D eigenvalue weighted by Gasteiger charge is 2.12. The van der Waals surface area contributed by atoms with Crippen LogP contribution >= 0.6 is 0 Å². The van der Waals surface area contributed by atoms with Gasteiger partial charge in [-0.15, -0.1) is 0 Å². The zero-order valence-corrected chi connectivity index (χ0v) is 8.81. The number of nitrogens with one attached hydrogen (secondary N) is 1. The summed E-state index contributed by atoms with van der Waals surface area (Å²) in [5.41, 5.74) is 5.69. The molecule has 0 spiro atoms. The number of hydrazone groups is 1. The van der Waals surface area contributed by atoms with Gasteiger partial charge in [-0.3, -0.25) is 0 Å². The molecule has 0 saturated carbocycles. The van der Waals surface area contributed by atoms with E-state index in [1.807, 2.05) is 0 Å². The van der Waals surface area contributed by atoms with E-state index in [0.29, 0.717) is 6.21 Å². The molecular weight excluding hydrogens is 234 g/mol. The molecule has 8 heteroatoms. The number of benzene rings is 1. The third kappa shape index (κ3) is 3.24. The summed E-state index contributed by atoms with van der Waals surface area (Å²) in [5.74, 6) is -1.35. The van der Waals surface area contributed by atoms with E-state index in [0.717, 1.165) is 0 Å². The fourth-order valence-electron chi connectivity index (χ4n) is 0.885. The molecule has 0 heterocycles. The van der Waals surface area contributed by atoms with Crippen molar-refractivity contribution >= 4 is 27.9 Å². The lowest BCUT2D eigenvalue weighted by molar-refractivity contribution is -0.128. The molecule has 0 bridgehead atoms. The predicted octanol–water partition coefficient (Wildman–Crippen LogP) is -0.383. The van der Waals surface area contributed by atoms with E-state index >= 15 is 0 Å². The largest absolute Gasteiger partial charge is 0.477 e. The van der Waals surface area contributed by atoms with Gasteiger partial charge in [0.1, 0.15) is 6.21 Å². The fraction of sp³-hybridized carbons (Fsp3) is 0. The number of carboxylic acid groups (broad SMARTS) is 1. The Hall–Kier alpha value is -2.09. The number of nitrogens with zero attached hydrogens (tertiary/aromatic N) is 1. The monoisotopic (exact) mass is 243 g/mol. The number of aliphatic carboxylic acids is 1. The van der Waals surface area contributed by atoms with Crippen LogP contribution in [-0.4, -0.2) is 25.7 Å². The summed E-state index contributed by atoms with van der Waals surface area (Å²) in [5, 5.41) is 11.3. The second-order valence-corrected chi connectivity index (χ2v) is 4.42. The smallest absolute Gasteiger partial charge is 0.348 e. The Labute approximate surface area is 91.6 Å². The summed E-state index contributed by atoms with van der Waals surface area (Å²) >= 11 is 0. The maximum absolute atomic E-state index is 11.5. The van der Waals surface area contributed by atoms with Gasteiger partial charge in [-0.25, -0.2) is 4.79 Å². The minimum atomic E-state index is -3.87. The molecule has 0 radical (unpaired) electrons. The summed E-state index contributed by atoms with van der Waals surface area (Å²) in [6.07, 6.45) is 0.434. The van der Waals surface area contributed by atoms with E-state index in [2.05, 4.69) is 5.10 Å². The minimum Gasteiger partial charge on any atom is -0.477 e. The van der Waals surface area contributed by atoms with Crippen LogP contribution in [0.3, 0.4) is 0 Å². The molecule has 0 aromatic heterocycles. The summed E-state index contributed by atoms with van der Waals surface area (Å²) in [6, 6.07) is 5.54. The standard InChI is InChI=1S/C8H9N3O4S/c9-6-2-1-3-7(4-6)16(14,15)11-10-5-8(12)13/h1-5,11H,9H2,(H,12,13)/b10-5+. The third-order valence-electron chi connectivity index (χ3n) is 1.52. The van der Waals surface area contributed by atoms with Crippen molar-refractivity contribution in [3.63, 3.8) is 0 Å². The molecule has 1 aromatic carbocycles. The van der Waals surface area contributed by atoms with Crippen molar-refractivity contribution in [2.24, 2.45) is 5.10 Å². The van der Waals surface area contributed by atoms with Gasteiger partial charge in [0.15, 0.2) is 0 Å². The molecule has 1 rings (SSSR count). The van der Waals surface area contributed by atoms with Crippen LogP contribution in [-0.2, 0) is 14.8 Å². The van der Waals surface area contributed by atoms with Crippen molar-refractivity contribution in [1.29, 1.82) is 0 Å². The van der Waals surface area contributed by atoms with Crippen LogP contribution in [0.5, 0.6) is 0 Å². The van der Waals surface area contributed by atoms with Gasteiger partial charge >= 0.3 is 5.97 Å². The van der Waals surface area contributed by atoms with E-state index in [4.69, 9.17) is 10.8 Å². The van der Waals surface area contributed by atoms with E-state index < -0.39 is 16.0 Å². The quantitative estimate of drug-likeness (QED) is 0.378. The SMILES string of the molecule is Nc1cccc(S(=O)(=O)N/N=C/C(=O)O)c1. The van der Waals surface area contributed by atoms with Gasteiger partial charge in [-0.1, -0.05) is 6.07 Å².